The van der Waals surface area contributed by atoms with E-state index in [-0.39, 0.29) is 6.61 Å². The molecular weight excluding hydrogens is 463 g/mol. The van der Waals surface area contributed by atoms with Crippen molar-refractivity contribution < 1.29 is 14.3 Å². The zero-order valence-corrected chi connectivity index (χ0v) is 16.8. The first kappa shape index (κ1) is 18.5. The Labute approximate surface area is 168 Å². The Kier molecular flexibility index (Phi) is 6.00. The molecule has 0 aliphatic rings. The molecule has 1 N–H and O–H groups in total. The third-order valence-corrected chi connectivity index (χ3v) is 5.22. The molecule has 0 radical (unpaired) electrons. The molecule has 0 spiro atoms. The normalized spacial score (nSPS) is 10.4. The van der Waals surface area contributed by atoms with Crippen molar-refractivity contribution >= 4 is 50.9 Å². The molecule has 0 bridgehead atoms. The summed E-state index contributed by atoms with van der Waals surface area (Å²) in [5.74, 6) is -0.946. The Morgan fingerprint density at radius 1 is 1.15 bits per heavy atom. The number of esters is 1. The van der Waals surface area contributed by atoms with Gasteiger partial charge in [-0.1, -0.05) is 42.0 Å². The van der Waals surface area contributed by atoms with Crippen molar-refractivity contribution in [2.75, 3.05) is 11.9 Å². The van der Waals surface area contributed by atoms with Crippen LogP contribution in [0.2, 0.25) is 0 Å². The number of halogens is 1. The first-order chi connectivity index (χ1) is 12.5. The van der Waals surface area contributed by atoms with Gasteiger partial charge in [-0.3, -0.25) is 10.1 Å². The fourth-order valence-corrected chi connectivity index (χ4v) is 3.52. The minimum atomic E-state index is -0.523. The van der Waals surface area contributed by atoms with E-state index in [2.05, 4.69) is 32.9 Å². The van der Waals surface area contributed by atoms with Gasteiger partial charge in [0.1, 0.15) is 0 Å². The maximum absolute atomic E-state index is 12.0. The van der Waals surface area contributed by atoms with Gasteiger partial charge in [0.25, 0.3) is 5.91 Å². The summed E-state index contributed by atoms with van der Waals surface area (Å²) in [5.41, 5.74) is 3.39. The maximum atomic E-state index is 12.0. The van der Waals surface area contributed by atoms with Crippen molar-refractivity contribution in [3.8, 4) is 11.3 Å². The van der Waals surface area contributed by atoms with Crippen molar-refractivity contribution in [2.24, 2.45) is 0 Å². The second-order valence-electron chi connectivity index (χ2n) is 5.51. The SMILES string of the molecule is Cc1ccc(-c2csc(NC(=O)COC(=O)c3ccccc3I)n2)cc1. The summed E-state index contributed by atoms with van der Waals surface area (Å²) < 4.78 is 5.84. The molecule has 26 heavy (non-hydrogen) atoms. The number of rotatable bonds is 5. The van der Waals surface area contributed by atoms with E-state index in [0.29, 0.717) is 10.7 Å². The second kappa shape index (κ2) is 8.41. The van der Waals surface area contributed by atoms with E-state index in [0.717, 1.165) is 14.8 Å². The molecule has 1 amide bonds. The van der Waals surface area contributed by atoms with Crippen molar-refractivity contribution in [2.45, 2.75) is 6.92 Å². The molecule has 0 saturated carbocycles. The highest BCUT2D eigenvalue weighted by Gasteiger charge is 2.14. The summed E-state index contributed by atoms with van der Waals surface area (Å²) in [7, 11) is 0. The van der Waals surface area contributed by atoms with Gasteiger partial charge in [0.05, 0.1) is 11.3 Å². The standard InChI is InChI=1S/C19H15IN2O3S/c1-12-6-8-13(9-7-12)16-11-26-19(21-16)22-17(23)10-25-18(24)14-4-2-3-5-15(14)20/h2-9,11H,10H2,1H3,(H,21,22,23). The lowest BCUT2D eigenvalue weighted by atomic mass is 10.1. The van der Waals surface area contributed by atoms with Gasteiger partial charge in [0.15, 0.2) is 11.7 Å². The molecule has 0 unspecified atom stereocenters. The molecule has 3 aromatic rings. The topological polar surface area (TPSA) is 68.3 Å². The summed E-state index contributed by atoms with van der Waals surface area (Å²) in [4.78, 5) is 28.4. The van der Waals surface area contributed by atoms with Gasteiger partial charge in [0.2, 0.25) is 0 Å². The average molecular weight is 478 g/mol. The van der Waals surface area contributed by atoms with Crippen LogP contribution in [0.4, 0.5) is 5.13 Å². The fourth-order valence-electron chi connectivity index (χ4n) is 2.18. The summed E-state index contributed by atoms with van der Waals surface area (Å²) in [6, 6.07) is 15.0. The van der Waals surface area contributed by atoms with E-state index in [4.69, 9.17) is 4.74 Å². The number of thiazole rings is 1. The Morgan fingerprint density at radius 2 is 1.88 bits per heavy atom. The van der Waals surface area contributed by atoms with Crippen LogP contribution in [0, 0.1) is 10.5 Å². The van der Waals surface area contributed by atoms with Gasteiger partial charge in [0, 0.05) is 14.5 Å². The highest BCUT2D eigenvalue weighted by molar-refractivity contribution is 14.1. The second-order valence-corrected chi connectivity index (χ2v) is 7.53. The lowest BCUT2D eigenvalue weighted by Gasteiger charge is -2.06. The molecule has 0 aliphatic heterocycles. The Morgan fingerprint density at radius 3 is 2.62 bits per heavy atom. The quantitative estimate of drug-likeness (QED) is 0.433. The van der Waals surface area contributed by atoms with Crippen molar-refractivity contribution in [1.82, 2.24) is 4.98 Å². The van der Waals surface area contributed by atoms with Crippen LogP contribution in [0.5, 0.6) is 0 Å². The molecule has 0 fully saturated rings. The van der Waals surface area contributed by atoms with Gasteiger partial charge in [-0.05, 0) is 41.6 Å². The first-order valence-electron chi connectivity index (χ1n) is 7.77. The van der Waals surface area contributed by atoms with Crippen LogP contribution in [-0.4, -0.2) is 23.5 Å². The zero-order chi connectivity index (χ0) is 18.5. The average Bonchev–Trinajstić information content (AvgIpc) is 3.09. The predicted octanol–water partition coefficient (Wildman–Crippen LogP) is 4.52. The number of hydrogen-bond donors (Lipinski definition) is 1. The Balaban J connectivity index is 1.56. The van der Waals surface area contributed by atoms with Crippen LogP contribution in [0.25, 0.3) is 11.3 Å². The van der Waals surface area contributed by atoms with Crippen molar-refractivity contribution in [1.29, 1.82) is 0 Å². The van der Waals surface area contributed by atoms with Gasteiger partial charge in [-0.2, -0.15) is 0 Å². The van der Waals surface area contributed by atoms with E-state index >= 15 is 0 Å². The number of nitrogens with one attached hydrogen (secondary N) is 1. The van der Waals surface area contributed by atoms with E-state index in [1.54, 1.807) is 18.2 Å². The number of aromatic nitrogens is 1. The molecule has 3 rings (SSSR count). The molecule has 1 aromatic heterocycles. The number of hydrogen-bond acceptors (Lipinski definition) is 5. The number of anilines is 1. The molecule has 132 valence electrons. The van der Waals surface area contributed by atoms with Crippen LogP contribution in [0.1, 0.15) is 15.9 Å². The molecule has 7 heteroatoms. The van der Waals surface area contributed by atoms with Gasteiger partial charge >= 0.3 is 5.97 Å². The molecule has 0 saturated heterocycles. The van der Waals surface area contributed by atoms with Gasteiger partial charge in [-0.25, -0.2) is 9.78 Å². The van der Waals surface area contributed by atoms with Crippen molar-refractivity contribution in [3.63, 3.8) is 0 Å². The molecule has 1 heterocycles. The minimum absolute atomic E-state index is 0.358. The molecule has 0 aliphatic carbocycles. The number of carbonyl (C=O) groups excluding carboxylic acids is 2. The molecule has 5 nitrogen and oxygen atoms in total. The van der Waals surface area contributed by atoms with Crippen LogP contribution >= 0.6 is 33.9 Å². The van der Waals surface area contributed by atoms with Crippen LogP contribution in [0.15, 0.2) is 53.9 Å². The van der Waals surface area contributed by atoms with E-state index in [9.17, 15) is 9.59 Å². The summed E-state index contributed by atoms with van der Waals surface area (Å²) >= 11 is 3.38. The van der Waals surface area contributed by atoms with Gasteiger partial charge < -0.3 is 4.74 Å². The number of carbonyl (C=O) groups is 2. The van der Waals surface area contributed by atoms with E-state index < -0.39 is 11.9 Å². The number of amides is 1. The maximum Gasteiger partial charge on any atom is 0.339 e. The van der Waals surface area contributed by atoms with Crippen LogP contribution in [-0.2, 0) is 9.53 Å². The van der Waals surface area contributed by atoms with Crippen LogP contribution in [0.3, 0.4) is 0 Å². The zero-order valence-electron chi connectivity index (χ0n) is 13.9. The fraction of sp³-hybridized carbons (Fsp3) is 0.105. The lowest BCUT2D eigenvalue weighted by molar-refractivity contribution is -0.119. The molecular formula is C19H15IN2O3S. The number of nitrogens with zero attached hydrogens (tertiary/aromatic N) is 1. The lowest BCUT2D eigenvalue weighted by Crippen LogP contribution is -2.21. The predicted molar refractivity (Wildman–Crippen MR) is 110 cm³/mol. The van der Waals surface area contributed by atoms with Gasteiger partial charge in [-0.15, -0.1) is 11.3 Å². The number of benzene rings is 2. The number of ether oxygens (including phenoxy) is 1. The largest absolute Gasteiger partial charge is 0.452 e. The van der Waals surface area contributed by atoms with Crippen LogP contribution < -0.4 is 5.32 Å². The first-order valence-corrected chi connectivity index (χ1v) is 9.73. The molecule has 0 atom stereocenters. The van der Waals surface area contributed by atoms with Crippen molar-refractivity contribution in [3.05, 3.63) is 68.6 Å². The summed E-state index contributed by atoms with van der Waals surface area (Å²) in [6.45, 7) is 1.66. The van der Waals surface area contributed by atoms with E-state index in [1.165, 1.54) is 16.9 Å². The minimum Gasteiger partial charge on any atom is -0.452 e. The smallest absolute Gasteiger partial charge is 0.339 e. The number of aryl methyl sites for hydroxylation is 1. The third kappa shape index (κ3) is 4.67. The Bertz CT molecular complexity index is 938. The highest BCUT2D eigenvalue weighted by Crippen LogP contribution is 2.25. The summed E-state index contributed by atoms with van der Waals surface area (Å²) in [5, 5.41) is 5.00. The third-order valence-electron chi connectivity index (χ3n) is 3.53. The highest BCUT2D eigenvalue weighted by atomic mass is 127. The monoisotopic (exact) mass is 478 g/mol. The molecule has 2 aromatic carbocycles. The summed E-state index contributed by atoms with van der Waals surface area (Å²) in [6.07, 6.45) is 0. The Hall–Kier alpha value is -2.26. The van der Waals surface area contributed by atoms with E-state index in [1.807, 2.05) is 42.6 Å².